The lowest BCUT2D eigenvalue weighted by Gasteiger charge is -2.04. The maximum absolute atomic E-state index is 11.3. The molecule has 1 rings (SSSR count). The normalized spacial score (nSPS) is 12.6. The minimum atomic E-state index is -3.36. The number of sulfone groups is 1. The van der Waals surface area contributed by atoms with Crippen LogP contribution < -0.4 is 0 Å². The molecule has 0 N–H and O–H groups in total. The van der Waals surface area contributed by atoms with E-state index in [4.69, 9.17) is 16.4 Å². The van der Waals surface area contributed by atoms with Crippen molar-refractivity contribution in [2.24, 2.45) is 5.16 Å². The van der Waals surface area contributed by atoms with Gasteiger partial charge in [0.05, 0.1) is 5.69 Å². The SMILES string of the molecule is CCO/N=C(\C)c1ccc(S(C)(=O)=O)c(Cl)n1. The van der Waals surface area contributed by atoms with Crippen LogP contribution in [0.4, 0.5) is 0 Å². The van der Waals surface area contributed by atoms with Crippen molar-refractivity contribution in [1.29, 1.82) is 0 Å². The number of nitrogens with zero attached hydrogens (tertiary/aromatic N) is 2. The van der Waals surface area contributed by atoms with E-state index in [2.05, 4.69) is 10.1 Å². The van der Waals surface area contributed by atoms with Crippen molar-refractivity contribution in [3.63, 3.8) is 0 Å². The average Bonchev–Trinajstić information content (AvgIpc) is 2.23. The maximum atomic E-state index is 11.3. The molecule has 94 valence electrons. The number of rotatable bonds is 4. The Labute approximate surface area is 105 Å². The van der Waals surface area contributed by atoms with Crippen molar-refractivity contribution in [1.82, 2.24) is 4.98 Å². The first-order chi connectivity index (χ1) is 7.86. The molecule has 0 saturated carbocycles. The van der Waals surface area contributed by atoms with Crippen LogP contribution in [0.25, 0.3) is 0 Å². The van der Waals surface area contributed by atoms with Crippen molar-refractivity contribution >= 4 is 27.1 Å². The van der Waals surface area contributed by atoms with Gasteiger partial charge in [-0.1, -0.05) is 16.8 Å². The summed E-state index contributed by atoms with van der Waals surface area (Å²) in [5.41, 5.74) is 1.02. The van der Waals surface area contributed by atoms with Crippen LogP contribution in [0.1, 0.15) is 19.5 Å². The molecule has 5 nitrogen and oxygen atoms in total. The molecule has 0 spiro atoms. The first-order valence-electron chi connectivity index (χ1n) is 4.89. The minimum absolute atomic E-state index is 0.00660. The first kappa shape index (κ1) is 13.9. The van der Waals surface area contributed by atoms with Gasteiger partial charge in [0.25, 0.3) is 0 Å². The number of halogens is 1. The van der Waals surface area contributed by atoms with E-state index in [9.17, 15) is 8.42 Å². The first-order valence-corrected chi connectivity index (χ1v) is 7.16. The van der Waals surface area contributed by atoms with Crippen LogP contribution in [0.3, 0.4) is 0 Å². The fourth-order valence-electron chi connectivity index (χ4n) is 1.11. The van der Waals surface area contributed by atoms with Crippen LogP contribution >= 0.6 is 11.6 Å². The Morgan fingerprint density at radius 2 is 2.18 bits per heavy atom. The molecule has 0 aliphatic carbocycles. The van der Waals surface area contributed by atoms with Gasteiger partial charge in [0.1, 0.15) is 22.4 Å². The molecule has 0 radical (unpaired) electrons. The molecule has 0 aliphatic heterocycles. The van der Waals surface area contributed by atoms with Gasteiger partial charge in [-0.15, -0.1) is 0 Å². The van der Waals surface area contributed by atoms with E-state index < -0.39 is 9.84 Å². The van der Waals surface area contributed by atoms with Gasteiger partial charge in [-0.25, -0.2) is 13.4 Å². The minimum Gasteiger partial charge on any atom is -0.396 e. The monoisotopic (exact) mass is 276 g/mol. The molecule has 7 heteroatoms. The highest BCUT2D eigenvalue weighted by atomic mass is 35.5. The third kappa shape index (κ3) is 3.67. The summed E-state index contributed by atoms with van der Waals surface area (Å²) in [7, 11) is -3.36. The summed E-state index contributed by atoms with van der Waals surface area (Å²) in [6.07, 6.45) is 1.08. The Morgan fingerprint density at radius 1 is 1.53 bits per heavy atom. The Morgan fingerprint density at radius 3 is 2.65 bits per heavy atom. The molecular formula is C10H13ClN2O3S. The predicted octanol–water partition coefficient (Wildman–Crippen LogP) is 1.90. The van der Waals surface area contributed by atoms with Crippen molar-refractivity contribution in [2.75, 3.05) is 12.9 Å². The van der Waals surface area contributed by atoms with Gasteiger partial charge in [-0.05, 0) is 26.0 Å². The van der Waals surface area contributed by atoms with Crippen molar-refractivity contribution in [3.8, 4) is 0 Å². The van der Waals surface area contributed by atoms with Crippen LogP contribution in [0.15, 0.2) is 22.2 Å². The number of hydrogen-bond donors (Lipinski definition) is 0. The summed E-state index contributed by atoms with van der Waals surface area (Å²) >= 11 is 5.81. The van der Waals surface area contributed by atoms with E-state index in [1.165, 1.54) is 6.07 Å². The standard InChI is InChI=1S/C10H13ClN2O3S/c1-4-16-13-7(2)8-5-6-9(10(11)12-8)17(3,14)15/h5-6H,4H2,1-3H3/b13-7+. The highest BCUT2D eigenvalue weighted by molar-refractivity contribution is 7.90. The lowest BCUT2D eigenvalue weighted by Crippen LogP contribution is -2.05. The molecular weight excluding hydrogens is 264 g/mol. The molecule has 0 unspecified atom stereocenters. The van der Waals surface area contributed by atoms with Gasteiger partial charge in [-0.2, -0.15) is 0 Å². The van der Waals surface area contributed by atoms with Crippen LogP contribution in [0.5, 0.6) is 0 Å². The molecule has 0 saturated heterocycles. The van der Waals surface area contributed by atoms with Gasteiger partial charge in [0.15, 0.2) is 9.84 Å². The van der Waals surface area contributed by atoms with Crippen molar-refractivity contribution < 1.29 is 13.3 Å². The fourth-order valence-corrected chi connectivity index (χ4v) is 2.35. The number of aromatic nitrogens is 1. The lowest BCUT2D eigenvalue weighted by atomic mass is 10.3. The molecule has 17 heavy (non-hydrogen) atoms. The number of oxime groups is 1. The third-order valence-corrected chi connectivity index (χ3v) is 3.44. The fraction of sp³-hybridized carbons (Fsp3) is 0.400. The van der Waals surface area contributed by atoms with Gasteiger partial charge >= 0.3 is 0 Å². The zero-order chi connectivity index (χ0) is 13.1. The molecule has 0 bridgehead atoms. The number of pyridine rings is 1. The topological polar surface area (TPSA) is 68.6 Å². The van der Waals surface area contributed by atoms with Gasteiger partial charge in [-0.3, -0.25) is 0 Å². The maximum Gasteiger partial charge on any atom is 0.178 e. The Kier molecular flexibility index (Phi) is 4.47. The van der Waals surface area contributed by atoms with Crippen LogP contribution in [-0.2, 0) is 14.7 Å². The number of hydrogen-bond acceptors (Lipinski definition) is 5. The second kappa shape index (κ2) is 5.46. The summed E-state index contributed by atoms with van der Waals surface area (Å²) in [6.45, 7) is 3.96. The molecule has 1 heterocycles. The van der Waals surface area contributed by atoms with Crippen molar-refractivity contribution in [2.45, 2.75) is 18.7 Å². The third-order valence-electron chi connectivity index (χ3n) is 1.92. The lowest BCUT2D eigenvalue weighted by molar-refractivity contribution is 0.159. The molecule has 0 amide bonds. The van der Waals surface area contributed by atoms with E-state index in [1.807, 2.05) is 6.92 Å². The summed E-state index contributed by atoms with van der Waals surface area (Å²) in [5.74, 6) is 0. The quantitative estimate of drug-likeness (QED) is 0.478. The van der Waals surface area contributed by atoms with E-state index in [0.717, 1.165) is 6.26 Å². The Balaban J connectivity index is 3.14. The molecule has 0 fully saturated rings. The van der Waals surface area contributed by atoms with Gasteiger partial charge < -0.3 is 4.84 Å². The van der Waals surface area contributed by atoms with E-state index in [-0.39, 0.29) is 10.0 Å². The molecule has 1 aromatic heterocycles. The second-order valence-corrected chi connectivity index (χ2v) is 5.69. The van der Waals surface area contributed by atoms with Crippen LogP contribution in [0, 0.1) is 0 Å². The van der Waals surface area contributed by atoms with Crippen LogP contribution in [-0.4, -0.2) is 32.0 Å². The molecule has 0 aliphatic rings. The molecule has 1 aromatic rings. The largest absolute Gasteiger partial charge is 0.396 e. The summed E-state index contributed by atoms with van der Waals surface area (Å²) in [5, 5.41) is 3.73. The summed E-state index contributed by atoms with van der Waals surface area (Å²) in [4.78, 5) is 8.85. The van der Waals surface area contributed by atoms with Crippen molar-refractivity contribution in [3.05, 3.63) is 23.0 Å². The van der Waals surface area contributed by atoms with E-state index in [1.54, 1.807) is 13.0 Å². The zero-order valence-electron chi connectivity index (χ0n) is 9.77. The molecule has 0 aromatic carbocycles. The average molecular weight is 277 g/mol. The smallest absolute Gasteiger partial charge is 0.178 e. The van der Waals surface area contributed by atoms with Crippen LogP contribution in [0.2, 0.25) is 5.15 Å². The Bertz CT molecular complexity index is 540. The van der Waals surface area contributed by atoms with Gasteiger partial charge in [0.2, 0.25) is 0 Å². The van der Waals surface area contributed by atoms with Gasteiger partial charge in [0, 0.05) is 6.26 Å². The summed E-state index contributed by atoms with van der Waals surface area (Å²) in [6, 6.07) is 2.95. The Hall–Kier alpha value is -1.14. The zero-order valence-corrected chi connectivity index (χ0v) is 11.3. The molecule has 0 atom stereocenters. The van der Waals surface area contributed by atoms with E-state index >= 15 is 0 Å². The highest BCUT2D eigenvalue weighted by Gasteiger charge is 2.14. The highest BCUT2D eigenvalue weighted by Crippen LogP contribution is 2.19. The summed E-state index contributed by atoms with van der Waals surface area (Å²) < 4.78 is 22.7. The van der Waals surface area contributed by atoms with E-state index in [0.29, 0.717) is 18.0 Å². The second-order valence-electron chi connectivity index (χ2n) is 3.35. The predicted molar refractivity (Wildman–Crippen MR) is 66.2 cm³/mol.